The van der Waals surface area contributed by atoms with E-state index in [2.05, 4.69) is 15.8 Å². The molecular formula is C19H24N4O. The highest BCUT2D eigenvalue weighted by Gasteiger charge is 2.11. The number of nitrogens with zero attached hydrogens (tertiary/aromatic N) is 2. The second kappa shape index (κ2) is 8.15. The Morgan fingerprint density at radius 1 is 1.08 bits per heavy atom. The zero-order valence-electron chi connectivity index (χ0n) is 14.6. The van der Waals surface area contributed by atoms with E-state index in [1.165, 1.54) is 5.56 Å². The molecule has 0 aliphatic carbocycles. The summed E-state index contributed by atoms with van der Waals surface area (Å²) in [6.45, 7) is 3.83. The Kier molecular flexibility index (Phi) is 5.95. The Morgan fingerprint density at radius 3 is 2.29 bits per heavy atom. The molecule has 1 amide bonds. The molecule has 24 heavy (non-hydrogen) atoms. The fraction of sp³-hybridized carbons (Fsp3) is 0.263. The molecule has 0 unspecified atom stereocenters. The minimum Gasteiger partial charge on any atom is -0.378 e. The number of hydrogen-bond acceptors (Lipinski definition) is 4. The number of hydrazone groups is 1. The number of hydrogen-bond donors (Lipinski definition) is 2. The summed E-state index contributed by atoms with van der Waals surface area (Å²) in [5, 5.41) is 7.16. The van der Waals surface area contributed by atoms with E-state index in [1.54, 1.807) is 13.1 Å². The molecule has 126 valence electrons. The molecule has 2 N–H and O–H groups in total. The number of carbonyl (C=O) groups excluding carboxylic acids is 1. The summed E-state index contributed by atoms with van der Waals surface area (Å²) in [4.78, 5) is 14.1. The van der Waals surface area contributed by atoms with Crippen LogP contribution in [-0.2, 0) is 4.79 Å². The van der Waals surface area contributed by atoms with Crippen molar-refractivity contribution in [3.05, 3.63) is 59.7 Å². The van der Waals surface area contributed by atoms with Gasteiger partial charge in [0.25, 0.3) is 5.91 Å². The quantitative estimate of drug-likeness (QED) is 0.634. The average Bonchev–Trinajstić information content (AvgIpc) is 2.57. The van der Waals surface area contributed by atoms with E-state index >= 15 is 0 Å². The monoisotopic (exact) mass is 324 g/mol. The summed E-state index contributed by atoms with van der Waals surface area (Å²) in [6, 6.07) is 15.5. The van der Waals surface area contributed by atoms with Gasteiger partial charge < -0.3 is 10.2 Å². The summed E-state index contributed by atoms with van der Waals surface area (Å²) in [5.41, 5.74) is 6.70. The highest BCUT2D eigenvalue weighted by Crippen LogP contribution is 2.11. The minimum atomic E-state index is -0.374. The third-order valence-corrected chi connectivity index (χ3v) is 3.63. The lowest BCUT2D eigenvalue weighted by Gasteiger charge is -2.13. The molecule has 0 aliphatic rings. The van der Waals surface area contributed by atoms with E-state index in [9.17, 15) is 4.79 Å². The highest BCUT2D eigenvalue weighted by atomic mass is 16.2. The molecule has 5 nitrogen and oxygen atoms in total. The summed E-state index contributed by atoms with van der Waals surface area (Å²) in [6.07, 6.45) is 1.63. The lowest BCUT2D eigenvalue weighted by Crippen LogP contribution is -2.34. The largest absolute Gasteiger partial charge is 0.378 e. The second-order valence-corrected chi connectivity index (χ2v) is 5.95. The molecule has 1 atom stereocenters. The third-order valence-electron chi connectivity index (χ3n) is 3.63. The zero-order chi connectivity index (χ0) is 17.5. The Labute approximate surface area is 143 Å². The maximum atomic E-state index is 12.1. The summed E-state index contributed by atoms with van der Waals surface area (Å²) < 4.78 is 0. The van der Waals surface area contributed by atoms with Gasteiger partial charge >= 0.3 is 0 Å². The molecule has 0 aliphatic heterocycles. The van der Waals surface area contributed by atoms with Crippen LogP contribution in [0.5, 0.6) is 0 Å². The van der Waals surface area contributed by atoms with Crippen LogP contribution >= 0.6 is 0 Å². The summed E-state index contributed by atoms with van der Waals surface area (Å²) in [7, 11) is 3.98. The number of rotatable bonds is 6. The molecule has 0 heterocycles. The van der Waals surface area contributed by atoms with Gasteiger partial charge in [-0.3, -0.25) is 4.79 Å². The van der Waals surface area contributed by atoms with Gasteiger partial charge in [-0.05, 0) is 43.7 Å². The predicted molar refractivity (Wildman–Crippen MR) is 101 cm³/mol. The zero-order valence-corrected chi connectivity index (χ0v) is 14.6. The van der Waals surface area contributed by atoms with Crippen molar-refractivity contribution in [2.45, 2.75) is 19.9 Å². The first-order chi connectivity index (χ1) is 11.5. The van der Waals surface area contributed by atoms with Crippen molar-refractivity contribution >= 4 is 23.5 Å². The highest BCUT2D eigenvalue weighted by molar-refractivity contribution is 5.86. The van der Waals surface area contributed by atoms with E-state index in [-0.39, 0.29) is 11.9 Å². The normalized spacial score (nSPS) is 12.0. The predicted octanol–water partition coefficient (Wildman–Crippen LogP) is 3.01. The van der Waals surface area contributed by atoms with Crippen molar-refractivity contribution < 1.29 is 4.79 Å². The van der Waals surface area contributed by atoms with Crippen LogP contribution in [-0.4, -0.2) is 32.3 Å². The standard InChI is InChI=1S/C19H24N4O/c1-14-5-9-17(10-6-14)21-15(2)19(24)22-20-13-16-7-11-18(12-8-16)23(3)4/h5-13,15,21H,1-4H3,(H,22,24)/t15-/m1/s1. The number of carbonyl (C=O) groups is 1. The van der Waals surface area contributed by atoms with Gasteiger partial charge in [0.2, 0.25) is 0 Å². The lowest BCUT2D eigenvalue weighted by atomic mass is 10.2. The number of nitrogens with one attached hydrogen (secondary N) is 2. The van der Waals surface area contributed by atoms with Crippen LogP contribution in [0.15, 0.2) is 53.6 Å². The lowest BCUT2D eigenvalue weighted by molar-refractivity contribution is -0.121. The van der Waals surface area contributed by atoms with Crippen molar-refractivity contribution in [2.24, 2.45) is 5.10 Å². The van der Waals surface area contributed by atoms with E-state index in [1.807, 2.05) is 74.4 Å². The average molecular weight is 324 g/mol. The molecule has 0 saturated heterocycles. The number of amides is 1. The maximum absolute atomic E-state index is 12.1. The molecule has 2 rings (SSSR count). The Bertz CT molecular complexity index is 690. The van der Waals surface area contributed by atoms with Crippen LogP contribution in [0.2, 0.25) is 0 Å². The molecule has 0 fully saturated rings. The third kappa shape index (κ3) is 5.12. The van der Waals surface area contributed by atoms with Gasteiger partial charge in [0.05, 0.1) is 6.21 Å². The van der Waals surface area contributed by atoms with E-state index in [4.69, 9.17) is 0 Å². The van der Waals surface area contributed by atoms with Gasteiger partial charge in [0.15, 0.2) is 0 Å². The first-order valence-corrected chi connectivity index (χ1v) is 7.89. The molecule has 0 aromatic heterocycles. The van der Waals surface area contributed by atoms with Gasteiger partial charge in [-0.15, -0.1) is 0 Å². The topological polar surface area (TPSA) is 56.7 Å². The van der Waals surface area contributed by atoms with Crippen LogP contribution in [0.25, 0.3) is 0 Å². The van der Waals surface area contributed by atoms with Crippen LogP contribution in [0.3, 0.4) is 0 Å². The Balaban J connectivity index is 1.86. The fourth-order valence-corrected chi connectivity index (χ4v) is 2.09. The molecule has 5 heteroatoms. The van der Waals surface area contributed by atoms with Crippen molar-refractivity contribution in [1.82, 2.24) is 5.43 Å². The Morgan fingerprint density at radius 2 is 1.71 bits per heavy atom. The first kappa shape index (κ1) is 17.5. The van der Waals surface area contributed by atoms with Crippen LogP contribution in [0.4, 0.5) is 11.4 Å². The SMILES string of the molecule is Cc1ccc(N[C@H](C)C(=O)NN=Cc2ccc(N(C)C)cc2)cc1. The van der Waals surface area contributed by atoms with Crippen LogP contribution in [0, 0.1) is 6.92 Å². The molecule has 0 radical (unpaired) electrons. The van der Waals surface area contributed by atoms with Crippen molar-refractivity contribution in [2.75, 3.05) is 24.3 Å². The van der Waals surface area contributed by atoms with Crippen LogP contribution in [0.1, 0.15) is 18.1 Å². The van der Waals surface area contributed by atoms with Crippen molar-refractivity contribution in [1.29, 1.82) is 0 Å². The molecule has 0 bridgehead atoms. The van der Waals surface area contributed by atoms with Gasteiger partial charge in [-0.2, -0.15) is 5.10 Å². The molecule has 0 spiro atoms. The van der Waals surface area contributed by atoms with Crippen molar-refractivity contribution in [3.63, 3.8) is 0 Å². The smallest absolute Gasteiger partial charge is 0.262 e. The summed E-state index contributed by atoms with van der Waals surface area (Å²) in [5.74, 6) is -0.184. The fourth-order valence-electron chi connectivity index (χ4n) is 2.09. The maximum Gasteiger partial charge on any atom is 0.262 e. The molecule has 2 aromatic carbocycles. The van der Waals surface area contributed by atoms with Gasteiger partial charge in [0, 0.05) is 25.5 Å². The Hall–Kier alpha value is -2.82. The number of benzene rings is 2. The molecule has 2 aromatic rings. The first-order valence-electron chi connectivity index (χ1n) is 7.89. The minimum absolute atomic E-state index is 0.184. The van der Waals surface area contributed by atoms with Gasteiger partial charge in [-0.1, -0.05) is 29.8 Å². The molecular weight excluding hydrogens is 300 g/mol. The van der Waals surface area contributed by atoms with E-state index in [0.717, 1.165) is 16.9 Å². The van der Waals surface area contributed by atoms with E-state index in [0.29, 0.717) is 0 Å². The van der Waals surface area contributed by atoms with Crippen LogP contribution < -0.4 is 15.6 Å². The number of anilines is 2. The van der Waals surface area contributed by atoms with E-state index < -0.39 is 0 Å². The molecule has 0 saturated carbocycles. The second-order valence-electron chi connectivity index (χ2n) is 5.95. The van der Waals surface area contributed by atoms with Gasteiger partial charge in [-0.25, -0.2) is 5.43 Å². The van der Waals surface area contributed by atoms with Gasteiger partial charge in [0.1, 0.15) is 6.04 Å². The number of aryl methyl sites for hydroxylation is 1. The van der Waals surface area contributed by atoms with Crippen molar-refractivity contribution in [3.8, 4) is 0 Å². The summed E-state index contributed by atoms with van der Waals surface area (Å²) >= 11 is 0.